The van der Waals surface area contributed by atoms with Crippen LogP contribution in [0.1, 0.15) is 0 Å². The molecule has 238 valence electrons. The van der Waals surface area contributed by atoms with Crippen LogP contribution in [0.25, 0.3) is 99.7 Å². The van der Waals surface area contributed by atoms with E-state index in [1.807, 2.05) is 30.3 Å². The van der Waals surface area contributed by atoms with Crippen LogP contribution < -0.4 is 0 Å². The predicted molar refractivity (Wildman–Crippen MR) is 209 cm³/mol. The Morgan fingerprint density at radius 2 is 0.961 bits per heavy atom. The highest BCUT2D eigenvalue weighted by Gasteiger charge is 2.28. The molecule has 0 aliphatic rings. The molecular formula is C46H28N4O. The van der Waals surface area contributed by atoms with Crippen LogP contribution in [0.3, 0.4) is 0 Å². The van der Waals surface area contributed by atoms with Gasteiger partial charge < -0.3 is 8.98 Å². The van der Waals surface area contributed by atoms with E-state index >= 15 is 0 Å². The molecule has 0 radical (unpaired) electrons. The smallest absolute Gasteiger partial charge is 0.162 e. The van der Waals surface area contributed by atoms with E-state index in [1.165, 1.54) is 0 Å². The van der Waals surface area contributed by atoms with E-state index in [1.54, 1.807) is 0 Å². The standard InChI is InChI=1S/C46H28N4O/c1-4-16-29(17-5-1)35-28-39(48-46(47-35)30-18-6-2-7-19-30)50-37-26-14-10-22-32(37)40-43-41(45-42(44(40)50)34-24-12-15-27-38(34)51-45)33-23-11-13-25-36(33)49(43)31-20-8-3-9-21-31/h1-28H. The molecule has 0 spiro atoms. The summed E-state index contributed by atoms with van der Waals surface area (Å²) in [7, 11) is 0. The Morgan fingerprint density at radius 3 is 1.69 bits per heavy atom. The quantitative estimate of drug-likeness (QED) is 0.190. The minimum atomic E-state index is 0.672. The summed E-state index contributed by atoms with van der Waals surface area (Å²) in [5, 5.41) is 6.70. The fraction of sp³-hybridized carbons (Fsp3) is 0. The van der Waals surface area contributed by atoms with Gasteiger partial charge in [0.25, 0.3) is 0 Å². The molecule has 0 unspecified atom stereocenters. The molecule has 5 heteroatoms. The summed E-state index contributed by atoms with van der Waals surface area (Å²) < 4.78 is 11.7. The van der Waals surface area contributed by atoms with Gasteiger partial charge in [0, 0.05) is 44.4 Å². The number of fused-ring (bicyclic) bond motifs is 12. The second-order valence-electron chi connectivity index (χ2n) is 13.0. The second-order valence-corrected chi connectivity index (χ2v) is 13.0. The molecule has 0 fully saturated rings. The lowest BCUT2D eigenvalue weighted by Gasteiger charge is -2.13. The maximum absolute atomic E-state index is 6.94. The second kappa shape index (κ2) is 10.8. The van der Waals surface area contributed by atoms with Crippen molar-refractivity contribution in [3.8, 4) is 34.2 Å². The lowest BCUT2D eigenvalue weighted by atomic mass is 10.0. The van der Waals surface area contributed by atoms with Crippen LogP contribution >= 0.6 is 0 Å². The summed E-state index contributed by atoms with van der Waals surface area (Å²) in [4.78, 5) is 10.5. The maximum atomic E-state index is 6.94. The topological polar surface area (TPSA) is 48.8 Å². The van der Waals surface area contributed by atoms with E-state index in [2.05, 4.69) is 149 Å². The molecular weight excluding hydrogens is 625 g/mol. The third kappa shape index (κ3) is 4.03. The zero-order valence-electron chi connectivity index (χ0n) is 27.4. The van der Waals surface area contributed by atoms with Crippen LogP contribution in [-0.4, -0.2) is 19.1 Å². The first-order valence-electron chi connectivity index (χ1n) is 17.2. The summed E-state index contributed by atoms with van der Waals surface area (Å²) in [6, 6.07) is 59.1. The highest BCUT2D eigenvalue weighted by Crippen LogP contribution is 2.49. The molecule has 0 saturated heterocycles. The molecule has 7 aromatic carbocycles. The van der Waals surface area contributed by atoms with E-state index in [0.717, 1.165) is 93.9 Å². The zero-order chi connectivity index (χ0) is 33.5. The van der Waals surface area contributed by atoms with Crippen LogP contribution in [0.15, 0.2) is 174 Å². The van der Waals surface area contributed by atoms with Gasteiger partial charge in [-0.15, -0.1) is 0 Å². The van der Waals surface area contributed by atoms with Gasteiger partial charge in [0.05, 0.1) is 38.5 Å². The summed E-state index contributed by atoms with van der Waals surface area (Å²) in [6.07, 6.45) is 0. The lowest BCUT2D eigenvalue weighted by Crippen LogP contribution is -2.03. The van der Waals surface area contributed by atoms with Gasteiger partial charge in [-0.2, -0.15) is 0 Å². The van der Waals surface area contributed by atoms with Crippen molar-refractivity contribution in [3.63, 3.8) is 0 Å². The molecule has 0 bridgehead atoms. The third-order valence-electron chi connectivity index (χ3n) is 10.1. The molecule has 0 aliphatic heterocycles. The zero-order valence-corrected chi connectivity index (χ0v) is 27.4. The van der Waals surface area contributed by atoms with Gasteiger partial charge in [-0.05, 0) is 30.3 Å². The van der Waals surface area contributed by atoms with Gasteiger partial charge in [-0.25, -0.2) is 9.97 Å². The number of aromatic nitrogens is 4. The Morgan fingerprint density at radius 1 is 0.431 bits per heavy atom. The molecule has 0 saturated carbocycles. The monoisotopic (exact) mass is 652 g/mol. The first kappa shape index (κ1) is 27.9. The normalized spacial score (nSPS) is 11.9. The van der Waals surface area contributed by atoms with Gasteiger partial charge in [0.1, 0.15) is 17.0 Å². The Hall–Kier alpha value is -6.98. The number of rotatable bonds is 4. The van der Waals surface area contributed by atoms with E-state index in [-0.39, 0.29) is 0 Å². The van der Waals surface area contributed by atoms with E-state index < -0.39 is 0 Å². The number of hydrogen-bond acceptors (Lipinski definition) is 3. The molecule has 0 N–H and O–H groups in total. The molecule has 0 aliphatic carbocycles. The van der Waals surface area contributed by atoms with Gasteiger partial charge in [0.2, 0.25) is 0 Å². The fourth-order valence-corrected chi connectivity index (χ4v) is 7.98. The third-order valence-corrected chi connectivity index (χ3v) is 10.1. The Kier molecular flexibility index (Phi) is 5.89. The van der Waals surface area contributed by atoms with Crippen molar-refractivity contribution in [2.75, 3.05) is 0 Å². The minimum absolute atomic E-state index is 0.672. The van der Waals surface area contributed by atoms with Crippen LogP contribution in [0.2, 0.25) is 0 Å². The number of hydrogen-bond donors (Lipinski definition) is 0. The van der Waals surface area contributed by atoms with Crippen molar-refractivity contribution in [2.45, 2.75) is 0 Å². The van der Waals surface area contributed by atoms with Gasteiger partial charge in [-0.3, -0.25) is 4.57 Å². The first-order chi connectivity index (χ1) is 25.3. The van der Waals surface area contributed by atoms with Crippen molar-refractivity contribution in [3.05, 3.63) is 170 Å². The molecule has 51 heavy (non-hydrogen) atoms. The molecule has 5 nitrogen and oxygen atoms in total. The van der Waals surface area contributed by atoms with Crippen molar-refractivity contribution in [1.29, 1.82) is 0 Å². The predicted octanol–water partition coefficient (Wildman–Crippen LogP) is 11.9. The fourth-order valence-electron chi connectivity index (χ4n) is 7.98. The molecule has 4 aromatic heterocycles. The number of benzene rings is 7. The van der Waals surface area contributed by atoms with E-state index in [9.17, 15) is 0 Å². The van der Waals surface area contributed by atoms with Crippen LogP contribution in [0.4, 0.5) is 0 Å². The van der Waals surface area contributed by atoms with Crippen LogP contribution in [0, 0.1) is 0 Å². The number of para-hydroxylation sites is 4. The summed E-state index contributed by atoms with van der Waals surface area (Å²) in [6.45, 7) is 0. The average molecular weight is 653 g/mol. The summed E-state index contributed by atoms with van der Waals surface area (Å²) in [5.41, 5.74) is 10.0. The maximum Gasteiger partial charge on any atom is 0.162 e. The highest BCUT2D eigenvalue weighted by atomic mass is 16.3. The van der Waals surface area contributed by atoms with Gasteiger partial charge in [0.15, 0.2) is 5.82 Å². The Balaban J connectivity index is 1.41. The van der Waals surface area contributed by atoms with Gasteiger partial charge in [-0.1, -0.05) is 133 Å². The van der Waals surface area contributed by atoms with E-state index in [4.69, 9.17) is 14.4 Å². The molecule has 11 rings (SSSR count). The number of nitrogens with zero attached hydrogens (tertiary/aromatic N) is 4. The van der Waals surface area contributed by atoms with Gasteiger partial charge >= 0.3 is 0 Å². The Labute approximate surface area is 292 Å². The van der Waals surface area contributed by atoms with E-state index in [0.29, 0.717) is 5.82 Å². The van der Waals surface area contributed by atoms with Crippen LogP contribution in [0.5, 0.6) is 0 Å². The highest BCUT2D eigenvalue weighted by molar-refractivity contribution is 6.39. The van der Waals surface area contributed by atoms with Crippen LogP contribution in [-0.2, 0) is 0 Å². The summed E-state index contributed by atoms with van der Waals surface area (Å²) in [5.74, 6) is 1.47. The minimum Gasteiger partial charge on any atom is -0.455 e. The largest absolute Gasteiger partial charge is 0.455 e. The van der Waals surface area contributed by atoms with Crippen molar-refractivity contribution < 1.29 is 4.42 Å². The van der Waals surface area contributed by atoms with Crippen molar-refractivity contribution in [2.24, 2.45) is 0 Å². The molecule has 0 atom stereocenters. The van der Waals surface area contributed by atoms with Crippen molar-refractivity contribution in [1.82, 2.24) is 19.1 Å². The molecule has 11 aromatic rings. The number of furan rings is 1. The summed E-state index contributed by atoms with van der Waals surface area (Å²) >= 11 is 0. The average Bonchev–Trinajstić information content (AvgIpc) is 3.87. The van der Waals surface area contributed by atoms with Crippen molar-refractivity contribution >= 4 is 65.6 Å². The Bertz CT molecular complexity index is 3060. The first-order valence-corrected chi connectivity index (χ1v) is 17.2. The SMILES string of the molecule is c1ccc(-c2cc(-n3c4ccccc4c4c5c(c6ccccc6n5-c5ccccc5)c5oc6ccccc6c5c43)nc(-c3ccccc3)n2)cc1. The molecule has 4 heterocycles. The lowest BCUT2D eigenvalue weighted by molar-refractivity contribution is 0.673. The molecule has 0 amide bonds.